The molecule has 60 heavy (non-hydrogen) atoms. The van der Waals surface area contributed by atoms with Gasteiger partial charge in [0.25, 0.3) is 0 Å². The summed E-state index contributed by atoms with van der Waals surface area (Å²) in [5, 5.41) is 5.53. The van der Waals surface area contributed by atoms with E-state index < -0.39 is 24.3 Å². The van der Waals surface area contributed by atoms with E-state index in [1.54, 1.807) is 0 Å². The number of carbonyl (C=O) groups excluding carboxylic acids is 4. The molecule has 1 aliphatic carbocycles. The molecule has 2 aromatic carbocycles. The lowest BCUT2D eigenvalue weighted by molar-refractivity contribution is -0.136. The molecule has 0 radical (unpaired) electrons. The summed E-state index contributed by atoms with van der Waals surface area (Å²) in [6, 6.07) is 11.2. The van der Waals surface area contributed by atoms with Crippen molar-refractivity contribution < 1.29 is 33.4 Å². The molecule has 0 unspecified atom stereocenters. The van der Waals surface area contributed by atoms with Crippen molar-refractivity contribution in [1.82, 2.24) is 40.4 Å². The number of alkyl carbamates (subject to hydrolysis) is 2. The van der Waals surface area contributed by atoms with Crippen LogP contribution in [0.5, 0.6) is 0 Å². The number of nitrogens with one attached hydrogen (secondary N) is 4. The van der Waals surface area contributed by atoms with Crippen LogP contribution in [0, 0.1) is 11.8 Å². The maximum atomic E-state index is 13.9. The van der Waals surface area contributed by atoms with Gasteiger partial charge >= 0.3 is 12.2 Å². The molecule has 8 rings (SSSR count). The molecular formula is C45H56N8O7. The number of likely N-dealkylation sites (tertiary alicyclic amines) is 2. The van der Waals surface area contributed by atoms with Crippen molar-refractivity contribution in [3.05, 3.63) is 71.6 Å². The first-order chi connectivity index (χ1) is 29.0. The Morgan fingerprint density at radius 2 is 1.18 bits per heavy atom. The van der Waals surface area contributed by atoms with Gasteiger partial charge in [0.1, 0.15) is 23.7 Å². The van der Waals surface area contributed by atoms with Gasteiger partial charge in [0.15, 0.2) is 0 Å². The first-order valence-electron chi connectivity index (χ1n) is 21.3. The molecule has 3 saturated heterocycles. The number of ether oxygens (including phenoxy) is 3. The largest absolute Gasteiger partial charge is 0.453 e. The van der Waals surface area contributed by atoms with Crippen LogP contribution in [0.1, 0.15) is 101 Å². The number of nitrogens with zero attached hydrogens (tertiary/aromatic N) is 4. The van der Waals surface area contributed by atoms with Crippen molar-refractivity contribution in [1.29, 1.82) is 0 Å². The van der Waals surface area contributed by atoms with Gasteiger partial charge in [-0.25, -0.2) is 19.6 Å². The van der Waals surface area contributed by atoms with Gasteiger partial charge in [0.05, 0.1) is 68.7 Å². The fraction of sp³-hybridized carbons (Fsp3) is 0.511. The van der Waals surface area contributed by atoms with Crippen molar-refractivity contribution in [2.24, 2.45) is 11.8 Å². The van der Waals surface area contributed by atoms with E-state index in [4.69, 9.17) is 24.2 Å². The Labute approximate surface area is 350 Å². The van der Waals surface area contributed by atoms with Gasteiger partial charge < -0.3 is 44.6 Å². The van der Waals surface area contributed by atoms with E-state index in [1.807, 2.05) is 49.9 Å². The quantitative estimate of drug-likeness (QED) is 0.122. The zero-order valence-electron chi connectivity index (χ0n) is 35.3. The number of methoxy groups -OCH3 is 2. The van der Waals surface area contributed by atoms with E-state index in [2.05, 4.69) is 57.0 Å². The maximum Gasteiger partial charge on any atom is 0.407 e. The molecule has 0 bridgehead atoms. The smallest absolute Gasteiger partial charge is 0.407 e. The second-order valence-electron chi connectivity index (χ2n) is 16.8. The van der Waals surface area contributed by atoms with E-state index in [9.17, 15) is 19.2 Å². The molecule has 4 amide bonds. The molecule has 4 N–H and O–H groups in total. The number of carbonyl (C=O) groups is 4. The van der Waals surface area contributed by atoms with Gasteiger partial charge in [0, 0.05) is 13.1 Å². The number of fused-ring (bicyclic) bond motifs is 5. The molecule has 4 aliphatic rings. The van der Waals surface area contributed by atoms with Crippen LogP contribution in [0.4, 0.5) is 9.59 Å². The summed E-state index contributed by atoms with van der Waals surface area (Å²) in [5.74, 6) is 1.07. The topological polar surface area (TPSA) is 184 Å². The minimum Gasteiger partial charge on any atom is -0.453 e. The second kappa shape index (κ2) is 16.7. The third-order valence-electron chi connectivity index (χ3n) is 13.4. The van der Waals surface area contributed by atoms with Crippen molar-refractivity contribution in [3.63, 3.8) is 0 Å². The molecule has 15 nitrogen and oxygen atoms in total. The van der Waals surface area contributed by atoms with Crippen LogP contribution in [-0.2, 0) is 29.2 Å². The van der Waals surface area contributed by atoms with Gasteiger partial charge in [-0.05, 0) is 83.0 Å². The summed E-state index contributed by atoms with van der Waals surface area (Å²) in [4.78, 5) is 72.5. The highest BCUT2D eigenvalue weighted by atomic mass is 16.5. The minimum absolute atomic E-state index is 0.0665. The highest BCUT2D eigenvalue weighted by Crippen LogP contribution is 2.54. The van der Waals surface area contributed by atoms with E-state index in [0.717, 1.165) is 72.7 Å². The van der Waals surface area contributed by atoms with Crippen LogP contribution >= 0.6 is 0 Å². The molecule has 0 saturated carbocycles. The number of hydrogen-bond donors (Lipinski definition) is 4. The Hall–Kier alpha value is -5.70. The average Bonchev–Trinajstić information content (AvgIpc) is 4.11. The van der Waals surface area contributed by atoms with Crippen LogP contribution < -0.4 is 10.6 Å². The van der Waals surface area contributed by atoms with E-state index >= 15 is 0 Å². The summed E-state index contributed by atoms with van der Waals surface area (Å²) in [5.41, 5.74) is 8.19. The summed E-state index contributed by atoms with van der Waals surface area (Å²) in [7, 11) is 2.61. The Morgan fingerprint density at radius 1 is 0.750 bits per heavy atom. The third kappa shape index (κ3) is 7.20. The van der Waals surface area contributed by atoms with E-state index in [-0.39, 0.29) is 41.1 Å². The first-order valence-corrected chi connectivity index (χ1v) is 21.3. The number of benzene rings is 2. The predicted octanol–water partition coefficient (Wildman–Crippen LogP) is 6.63. The van der Waals surface area contributed by atoms with Gasteiger partial charge in [-0.1, -0.05) is 64.8 Å². The number of aromatic nitrogens is 4. The Balaban J connectivity index is 1.02. The molecule has 2 aromatic heterocycles. The number of imidazole rings is 2. The van der Waals surface area contributed by atoms with Crippen molar-refractivity contribution in [2.75, 3.05) is 40.5 Å². The monoisotopic (exact) mass is 820 g/mol. The lowest BCUT2D eigenvalue weighted by Crippen LogP contribution is -2.51. The fourth-order valence-electron chi connectivity index (χ4n) is 9.48. The van der Waals surface area contributed by atoms with E-state index in [0.29, 0.717) is 26.3 Å². The summed E-state index contributed by atoms with van der Waals surface area (Å²) >= 11 is 0. The first kappa shape index (κ1) is 41.1. The Morgan fingerprint density at radius 3 is 1.55 bits per heavy atom. The summed E-state index contributed by atoms with van der Waals surface area (Å²) in [6.07, 6.45) is 7.13. The average molecular weight is 821 g/mol. The van der Waals surface area contributed by atoms with Crippen LogP contribution in [0.2, 0.25) is 0 Å². The second-order valence-corrected chi connectivity index (χ2v) is 16.8. The molecule has 3 fully saturated rings. The normalized spacial score (nSPS) is 20.8. The Kier molecular flexibility index (Phi) is 11.5. The molecule has 5 heterocycles. The molecule has 4 aromatic rings. The number of H-pyrrole nitrogens is 2. The standard InChI is InChI=1S/C45H56N8O7/c1-7-25(3)37(50-43(56)58-5)41(54)52-17-9-11-35(52)39-46-21-33(48-39)27-13-15-29-30-16-14-28(20-32(30)45(23-60-24-45)31(29)19-27)34-22-47-40(49-34)36-12-10-18-53(36)42(55)38(26(4)8-2)51-44(57)59-6/h13-16,19-22,25-26,35-38H,7-12,17-18,23-24H2,1-6H3,(H,46,48)(H,47,49)(H,50,56)(H,51,57)/t25-,26-,35-,36-,37-,38-/m0/s1. The third-order valence-corrected chi connectivity index (χ3v) is 13.4. The number of aromatic amines is 2. The van der Waals surface area contributed by atoms with Gasteiger partial charge in [-0.3, -0.25) is 9.59 Å². The van der Waals surface area contributed by atoms with Crippen LogP contribution in [0.15, 0.2) is 48.8 Å². The van der Waals surface area contributed by atoms with Gasteiger partial charge in [0.2, 0.25) is 11.8 Å². The lowest BCUT2D eigenvalue weighted by atomic mass is 9.75. The minimum atomic E-state index is -0.688. The van der Waals surface area contributed by atoms with Crippen LogP contribution in [0.25, 0.3) is 33.6 Å². The predicted molar refractivity (Wildman–Crippen MR) is 224 cm³/mol. The number of amides is 4. The van der Waals surface area contributed by atoms with Crippen molar-refractivity contribution in [3.8, 4) is 33.6 Å². The molecular weight excluding hydrogens is 765 g/mol. The highest BCUT2D eigenvalue weighted by Gasteiger charge is 2.49. The van der Waals surface area contributed by atoms with Crippen LogP contribution in [-0.4, -0.2) is 106 Å². The van der Waals surface area contributed by atoms with Crippen molar-refractivity contribution >= 4 is 24.0 Å². The lowest BCUT2D eigenvalue weighted by Gasteiger charge is -2.40. The maximum absolute atomic E-state index is 13.9. The molecule has 6 atom stereocenters. The Bertz CT molecular complexity index is 2110. The molecule has 1 spiro atoms. The van der Waals surface area contributed by atoms with Gasteiger partial charge in [-0.2, -0.15) is 0 Å². The van der Waals surface area contributed by atoms with Crippen molar-refractivity contribution in [2.45, 2.75) is 95.8 Å². The molecule has 318 valence electrons. The number of rotatable bonds is 12. The number of hydrogen-bond acceptors (Lipinski definition) is 9. The summed E-state index contributed by atoms with van der Waals surface area (Å²) < 4.78 is 15.6. The zero-order valence-corrected chi connectivity index (χ0v) is 35.3. The fourth-order valence-corrected chi connectivity index (χ4v) is 9.48. The molecule has 3 aliphatic heterocycles. The SMILES string of the molecule is CC[C@H](C)[C@H](NC(=O)OC)C(=O)N1CCC[C@H]1c1ncc(-c2ccc3c(c2)C2(COC2)c2cc(-c4cnc([C@@H]5CCCN5C(=O)[C@@H](NC(=O)OC)[C@@H](C)CC)[nH]4)ccc2-3)[nH]1. The molecule has 15 heteroatoms. The van der Waals surface area contributed by atoms with Gasteiger partial charge in [-0.15, -0.1) is 0 Å². The van der Waals surface area contributed by atoms with E-state index in [1.165, 1.54) is 36.5 Å². The summed E-state index contributed by atoms with van der Waals surface area (Å²) in [6.45, 7) is 10.2. The van der Waals surface area contributed by atoms with Crippen LogP contribution in [0.3, 0.4) is 0 Å². The highest BCUT2D eigenvalue weighted by molar-refractivity contribution is 5.88. The zero-order chi connectivity index (χ0) is 42.3.